The van der Waals surface area contributed by atoms with Crippen molar-refractivity contribution in [3.8, 4) is 0 Å². The molecule has 0 aromatic carbocycles. The van der Waals surface area contributed by atoms with Gasteiger partial charge in [0.1, 0.15) is 13.2 Å². The molecule has 0 rings (SSSR count). The molecule has 0 spiro atoms. The molecule has 0 aliphatic rings. The molecule has 0 aliphatic heterocycles. The molecule has 67 heavy (non-hydrogen) atoms. The van der Waals surface area contributed by atoms with Crippen LogP contribution in [0.4, 0.5) is 0 Å². The molecule has 386 valence electrons. The van der Waals surface area contributed by atoms with Gasteiger partial charge in [0.05, 0.1) is 0 Å². The molecule has 0 saturated carbocycles. The van der Waals surface area contributed by atoms with Crippen molar-refractivity contribution in [1.82, 2.24) is 0 Å². The third-order valence-corrected chi connectivity index (χ3v) is 12.2. The van der Waals surface area contributed by atoms with Crippen molar-refractivity contribution in [2.75, 3.05) is 13.2 Å². The van der Waals surface area contributed by atoms with Crippen LogP contribution in [0.1, 0.15) is 278 Å². The van der Waals surface area contributed by atoms with Crippen LogP contribution in [0.3, 0.4) is 0 Å². The van der Waals surface area contributed by atoms with Gasteiger partial charge in [-0.1, -0.05) is 216 Å². The van der Waals surface area contributed by atoms with Crippen molar-refractivity contribution in [3.05, 3.63) is 72.9 Å². The fourth-order valence-corrected chi connectivity index (χ4v) is 7.83. The molecule has 6 heteroatoms. The van der Waals surface area contributed by atoms with Crippen molar-refractivity contribution < 1.29 is 28.6 Å². The molecule has 0 heterocycles. The molecule has 0 fully saturated rings. The maximum atomic E-state index is 12.8. The van der Waals surface area contributed by atoms with E-state index >= 15 is 0 Å². The first-order chi connectivity index (χ1) is 33.0. The molecule has 0 aromatic heterocycles. The quantitative estimate of drug-likeness (QED) is 0.0262. The first-order valence-corrected chi connectivity index (χ1v) is 28.4. The number of hydrogen-bond acceptors (Lipinski definition) is 6. The zero-order valence-electron chi connectivity index (χ0n) is 44.2. The Morgan fingerprint density at radius 2 is 0.537 bits per heavy atom. The fourth-order valence-electron chi connectivity index (χ4n) is 7.83. The fraction of sp³-hybridized carbons (Fsp3) is 0.754. The average Bonchev–Trinajstić information content (AvgIpc) is 3.33. The molecule has 6 nitrogen and oxygen atoms in total. The van der Waals surface area contributed by atoms with E-state index in [0.717, 1.165) is 116 Å². The van der Waals surface area contributed by atoms with Crippen molar-refractivity contribution in [2.45, 2.75) is 284 Å². The van der Waals surface area contributed by atoms with Gasteiger partial charge in [-0.25, -0.2) is 0 Å². The number of esters is 3. The standard InChI is InChI=1S/C61H106O6/c1-4-7-10-13-16-19-22-25-28-31-34-36-39-42-45-48-51-54-60(63)66-57-58(67-61(64)55-52-49-46-43-40-37-33-30-27-24-21-18-15-12-9-6-3)56-65-59(62)53-50-47-44-41-38-35-32-29-26-23-20-17-14-11-8-5-2/h16,19-21,23-25,28-30,32-33,58H,4-15,17-18,22,26-27,31,34-57H2,1-3H3/b19-16-,23-20-,24-21-,28-25-,32-29-,33-30-. The summed E-state index contributed by atoms with van der Waals surface area (Å²) in [7, 11) is 0. The second-order valence-electron chi connectivity index (χ2n) is 18.8. The molecular formula is C61H106O6. The summed E-state index contributed by atoms with van der Waals surface area (Å²) in [6.07, 6.45) is 70.2. The van der Waals surface area contributed by atoms with Gasteiger partial charge in [-0.2, -0.15) is 0 Å². The Kier molecular flexibility index (Phi) is 52.8. The Balaban J connectivity index is 4.44. The molecule has 1 unspecified atom stereocenters. The lowest BCUT2D eigenvalue weighted by atomic mass is 10.1. The predicted molar refractivity (Wildman–Crippen MR) is 288 cm³/mol. The summed E-state index contributed by atoms with van der Waals surface area (Å²) < 4.78 is 16.8. The van der Waals surface area contributed by atoms with Gasteiger partial charge in [-0.3, -0.25) is 14.4 Å². The highest BCUT2D eigenvalue weighted by molar-refractivity contribution is 5.71. The summed E-state index contributed by atoms with van der Waals surface area (Å²) in [5.41, 5.74) is 0. The van der Waals surface area contributed by atoms with Gasteiger partial charge in [0.2, 0.25) is 0 Å². The van der Waals surface area contributed by atoms with Crippen molar-refractivity contribution in [3.63, 3.8) is 0 Å². The summed E-state index contributed by atoms with van der Waals surface area (Å²) in [5, 5.41) is 0. The van der Waals surface area contributed by atoms with Gasteiger partial charge < -0.3 is 14.2 Å². The second kappa shape index (κ2) is 55.4. The second-order valence-corrected chi connectivity index (χ2v) is 18.8. The van der Waals surface area contributed by atoms with E-state index in [-0.39, 0.29) is 31.1 Å². The van der Waals surface area contributed by atoms with Crippen LogP contribution in [0.15, 0.2) is 72.9 Å². The number of unbranched alkanes of at least 4 members (excludes halogenated alkanes) is 28. The number of hydrogen-bond donors (Lipinski definition) is 0. The highest BCUT2D eigenvalue weighted by atomic mass is 16.6. The number of carbonyl (C=O) groups is 3. The Hall–Kier alpha value is -3.15. The molecule has 0 N–H and O–H groups in total. The zero-order chi connectivity index (χ0) is 48.6. The van der Waals surface area contributed by atoms with E-state index in [1.54, 1.807) is 0 Å². The third kappa shape index (κ3) is 53.7. The maximum Gasteiger partial charge on any atom is 0.306 e. The van der Waals surface area contributed by atoms with Gasteiger partial charge in [0.15, 0.2) is 6.10 Å². The molecule has 0 bridgehead atoms. The van der Waals surface area contributed by atoms with E-state index in [1.165, 1.54) is 122 Å². The molecule has 0 saturated heterocycles. The first-order valence-electron chi connectivity index (χ1n) is 28.4. The van der Waals surface area contributed by atoms with Crippen molar-refractivity contribution in [2.24, 2.45) is 0 Å². The number of ether oxygens (including phenoxy) is 3. The van der Waals surface area contributed by atoms with Crippen molar-refractivity contribution in [1.29, 1.82) is 0 Å². The normalized spacial score (nSPS) is 12.6. The van der Waals surface area contributed by atoms with E-state index in [4.69, 9.17) is 14.2 Å². The van der Waals surface area contributed by atoms with E-state index in [0.29, 0.717) is 19.3 Å². The Morgan fingerprint density at radius 1 is 0.299 bits per heavy atom. The molecule has 0 aromatic rings. The van der Waals surface area contributed by atoms with Crippen LogP contribution < -0.4 is 0 Å². The third-order valence-electron chi connectivity index (χ3n) is 12.2. The summed E-state index contributed by atoms with van der Waals surface area (Å²) in [6, 6.07) is 0. The minimum atomic E-state index is -0.792. The van der Waals surface area contributed by atoms with Crippen LogP contribution in [-0.2, 0) is 28.6 Å². The van der Waals surface area contributed by atoms with Crippen LogP contribution in [0.5, 0.6) is 0 Å². The maximum absolute atomic E-state index is 12.8. The molecule has 1 atom stereocenters. The van der Waals surface area contributed by atoms with Gasteiger partial charge in [0.25, 0.3) is 0 Å². The number of carbonyl (C=O) groups excluding carboxylic acids is 3. The predicted octanol–water partition coefficient (Wildman–Crippen LogP) is 19.0. The molecular weight excluding hydrogens is 829 g/mol. The summed E-state index contributed by atoms with van der Waals surface area (Å²) >= 11 is 0. The molecule has 0 aliphatic carbocycles. The van der Waals surface area contributed by atoms with E-state index in [1.807, 2.05) is 0 Å². The monoisotopic (exact) mass is 935 g/mol. The van der Waals surface area contributed by atoms with Crippen LogP contribution in [0, 0.1) is 0 Å². The van der Waals surface area contributed by atoms with Gasteiger partial charge in [0, 0.05) is 19.3 Å². The van der Waals surface area contributed by atoms with E-state index in [9.17, 15) is 14.4 Å². The minimum Gasteiger partial charge on any atom is -0.462 e. The zero-order valence-corrected chi connectivity index (χ0v) is 44.2. The largest absolute Gasteiger partial charge is 0.462 e. The number of allylic oxidation sites excluding steroid dienone is 12. The Labute approximate surface area is 414 Å². The smallest absolute Gasteiger partial charge is 0.306 e. The lowest BCUT2D eigenvalue weighted by Gasteiger charge is -2.18. The van der Waals surface area contributed by atoms with Gasteiger partial charge in [-0.05, 0) is 116 Å². The van der Waals surface area contributed by atoms with Crippen LogP contribution in [0.25, 0.3) is 0 Å². The van der Waals surface area contributed by atoms with E-state index < -0.39 is 6.10 Å². The molecule has 0 radical (unpaired) electrons. The topological polar surface area (TPSA) is 78.9 Å². The highest BCUT2D eigenvalue weighted by Crippen LogP contribution is 2.14. The first kappa shape index (κ1) is 63.8. The van der Waals surface area contributed by atoms with Gasteiger partial charge >= 0.3 is 17.9 Å². The van der Waals surface area contributed by atoms with Crippen LogP contribution >= 0.6 is 0 Å². The Bertz CT molecular complexity index is 1260. The Morgan fingerprint density at radius 3 is 0.851 bits per heavy atom. The lowest BCUT2D eigenvalue weighted by Crippen LogP contribution is -2.30. The number of rotatable bonds is 51. The van der Waals surface area contributed by atoms with Crippen LogP contribution in [-0.4, -0.2) is 37.2 Å². The van der Waals surface area contributed by atoms with Crippen LogP contribution in [0.2, 0.25) is 0 Å². The summed E-state index contributed by atoms with van der Waals surface area (Å²) in [6.45, 7) is 6.56. The molecule has 0 amide bonds. The van der Waals surface area contributed by atoms with Crippen molar-refractivity contribution >= 4 is 17.9 Å². The highest BCUT2D eigenvalue weighted by Gasteiger charge is 2.19. The summed E-state index contributed by atoms with van der Waals surface area (Å²) in [4.78, 5) is 38.1. The SMILES string of the molecule is CCCCC/C=C\C/C=C\CCCCCCCCCC(=O)OCC(COC(=O)CCCCCCC/C=C\C/C=C\CCCCCC)OC(=O)CCCCCCC/C=C\C/C=C\CCCCCC. The van der Waals surface area contributed by atoms with Gasteiger partial charge in [-0.15, -0.1) is 0 Å². The summed E-state index contributed by atoms with van der Waals surface area (Å²) in [5.74, 6) is -0.918. The average molecular weight is 936 g/mol. The minimum absolute atomic E-state index is 0.0897. The van der Waals surface area contributed by atoms with E-state index in [2.05, 4.69) is 93.7 Å². The lowest BCUT2D eigenvalue weighted by molar-refractivity contribution is -0.167.